The molecule has 1 amide bonds. The fourth-order valence-corrected chi connectivity index (χ4v) is 4.51. The van der Waals surface area contributed by atoms with Crippen molar-refractivity contribution in [2.24, 2.45) is 7.05 Å². The largest absolute Gasteiger partial charge is 0.466 e. The van der Waals surface area contributed by atoms with Gasteiger partial charge in [-0.25, -0.2) is 9.97 Å². The van der Waals surface area contributed by atoms with Crippen LogP contribution in [0.2, 0.25) is 0 Å². The van der Waals surface area contributed by atoms with E-state index in [0.717, 1.165) is 21.6 Å². The molecule has 0 spiro atoms. The minimum atomic E-state index is -0.338. The maximum absolute atomic E-state index is 12.6. The smallest absolute Gasteiger partial charge is 0.311 e. The van der Waals surface area contributed by atoms with Gasteiger partial charge in [-0.1, -0.05) is 18.2 Å². The summed E-state index contributed by atoms with van der Waals surface area (Å²) in [7, 11) is 1.99. The van der Waals surface area contributed by atoms with Crippen LogP contribution in [0.4, 0.5) is 5.13 Å². The number of rotatable bonds is 6. The molecule has 148 valence electrons. The summed E-state index contributed by atoms with van der Waals surface area (Å²) in [6.07, 6.45) is 0.0854. The molecule has 0 fully saturated rings. The number of amides is 1. The van der Waals surface area contributed by atoms with Crippen LogP contribution in [-0.2, 0) is 23.0 Å². The number of fused-ring (bicyclic) bond motifs is 1. The average Bonchev–Trinajstić information content (AvgIpc) is 3.42. The number of nitrogens with zero attached hydrogens (tertiary/aromatic N) is 3. The van der Waals surface area contributed by atoms with Crippen molar-refractivity contribution in [1.29, 1.82) is 0 Å². The molecule has 1 N–H and O–H groups in total. The molecule has 1 aromatic carbocycles. The Kier molecular flexibility index (Phi) is 5.41. The fourth-order valence-electron chi connectivity index (χ4n) is 2.96. The number of hydrogen-bond acceptors (Lipinski definition) is 7. The number of aromatic nitrogens is 3. The Morgan fingerprint density at radius 3 is 2.79 bits per heavy atom. The Morgan fingerprint density at radius 1 is 1.17 bits per heavy atom. The molecule has 0 saturated heterocycles. The van der Waals surface area contributed by atoms with Crippen LogP contribution in [0.3, 0.4) is 0 Å². The number of carbonyl (C=O) groups excluding carboxylic acids is 2. The fraction of sp³-hybridized carbons (Fsp3) is 0.200. The molecule has 3 aromatic heterocycles. The minimum Gasteiger partial charge on any atom is -0.466 e. The van der Waals surface area contributed by atoms with E-state index in [2.05, 4.69) is 38.1 Å². The van der Waals surface area contributed by atoms with Crippen LogP contribution in [0.25, 0.3) is 21.6 Å². The Morgan fingerprint density at radius 2 is 2.00 bits per heavy atom. The van der Waals surface area contributed by atoms with Crippen molar-refractivity contribution < 1.29 is 14.3 Å². The molecule has 0 bridgehead atoms. The van der Waals surface area contributed by atoms with E-state index < -0.39 is 0 Å². The Bertz CT molecular complexity index is 1190. The summed E-state index contributed by atoms with van der Waals surface area (Å²) in [5, 5.41) is 8.53. The summed E-state index contributed by atoms with van der Waals surface area (Å²) in [5.74, 6) is -0.668. The third-order valence-electron chi connectivity index (χ3n) is 4.31. The van der Waals surface area contributed by atoms with Gasteiger partial charge in [0.05, 0.1) is 24.4 Å². The molecule has 0 radical (unpaired) electrons. The molecular formula is C20H18N4O3S2. The lowest BCUT2D eigenvalue weighted by molar-refractivity contribution is -0.142. The number of hydrogen-bond donors (Lipinski definition) is 1. The van der Waals surface area contributed by atoms with Crippen molar-refractivity contribution in [3.8, 4) is 10.7 Å². The lowest BCUT2D eigenvalue weighted by Gasteiger charge is -2.01. The SMILES string of the molecule is CCOC(=O)Cc1csc(NC(=O)c2csc(-c3cc4ccccc4n3C)n2)n1. The molecular weight excluding hydrogens is 408 g/mol. The zero-order valence-corrected chi connectivity index (χ0v) is 17.5. The van der Waals surface area contributed by atoms with Gasteiger partial charge in [0.25, 0.3) is 5.91 Å². The molecule has 7 nitrogen and oxygen atoms in total. The highest BCUT2D eigenvalue weighted by Crippen LogP contribution is 2.29. The van der Waals surface area contributed by atoms with Gasteiger partial charge in [0.1, 0.15) is 10.7 Å². The number of para-hydroxylation sites is 1. The zero-order valence-electron chi connectivity index (χ0n) is 15.8. The summed E-state index contributed by atoms with van der Waals surface area (Å²) in [4.78, 5) is 32.9. The van der Waals surface area contributed by atoms with Crippen molar-refractivity contribution in [3.05, 3.63) is 52.5 Å². The highest BCUT2D eigenvalue weighted by Gasteiger charge is 2.17. The van der Waals surface area contributed by atoms with Gasteiger partial charge in [-0.05, 0) is 19.1 Å². The lowest BCUT2D eigenvalue weighted by atomic mass is 10.2. The monoisotopic (exact) mass is 426 g/mol. The number of carbonyl (C=O) groups is 2. The summed E-state index contributed by atoms with van der Waals surface area (Å²) in [6.45, 7) is 2.08. The van der Waals surface area contributed by atoms with E-state index in [4.69, 9.17) is 4.74 Å². The number of nitrogens with one attached hydrogen (secondary N) is 1. The van der Waals surface area contributed by atoms with Gasteiger partial charge >= 0.3 is 5.97 Å². The third kappa shape index (κ3) is 4.06. The van der Waals surface area contributed by atoms with Crippen LogP contribution in [0.5, 0.6) is 0 Å². The summed E-state index contributed by atoms with van der Waals surface area (Å²) in [6, 6.07) is 10.2. The molecule has 9 heteroatoms. The van der Waals surface area contributed by atoms with Gasteiger partial charge in [-0.15, -0.1) is 22.7 Å². The van der Waals surface area contributed by atoms with Crippen LogP contribution in [0, 0.1) is 0 Å². The first-order chi connectivity index (χ1) is 14.0. The van der Waals surface area contributed by atoms with Gasteiger partial charge in [0, 0.05) is 28.7 Å². The van der Waals surface area contributed by atoms with Crippen LogP contribution < -0.4 is 5.32 Å². The predicted molar refractivity (Wildman–Crippen MR) is 114 cm³/mol. The quantitative estimate of drug-likeness (QED) is 0.469. The van der Waals surface area contributed by atoms with Crippen molar-refractivity contribution >= 4 is 50.6 Å². The highest BCUT2D eigenvalue weighted by molar-refractivity contribution is 7.14. The van der Waals surface area contributed by atoms with Crippen LogP contribution >= 0.6 is 22.7 Å². The minimum absolute atomic E-state index is 0.0854. The standard InChI is InChI=1S/C20H18N4O3S2/c1-3-27-17(25)9-13-10-29-20(21-13)23-18(26)14-11-28-19(22-14)16-8-12-6-4-5-7-15(12)24(16)2/h4-8,10-11H,3,9H2,1-2H3,(H,21,23,26). The van der Waals surface area contributed by atoms with Gasteiger partial charge in [-0.3, -0.25) is 14.9 Å². The van der Waals surface area contributed by atoms with Gasteiger partial charge < -0.3 is 9.30 Å². The molecule has 0 aliphatic carbocycles. The number of benzene rings is 1. The van der Waals surface area contributed by atoms with E-state index in [1.54, 1.807) is 17.7 Å². The first kappa shape index (κ1) is 19.3. The second-order valence-corrected chi connectivity index (χ2v) is 7.98. The van der Waals surface area contributed by atoms with Gasteiger partial charge in [-0.2, -0.15) is 0 Å². The molecule has 29 heavy (non-hydrogen) atoms. The number of thiazole rings is 2. The second kappa shape index (κ2) is 8.14. The molecule has 4 rings (SSSR count). The molecule has 0 aliphatic rings. The Hall–Kier alpha value is -3.04. The number of anilines is 1. The van der Waals surface area contributed by atoms with Gasteiger partial charge in [0.15, 0.2) is 5.13 Å². The summed E-state index contributed by atoms with van der Waals surface area (Å²) in [5.41, 5.74) is 2.97. The number of aryl methyl sites for hydroxylation is 1. The van der Waals surface area contributed by atoms with E-state index in [1.807, 2.05) is 19.2 Å². The highest BCUT2D eigenvalue weighted by atomic mass is 32.1. The predicted octanol–water partition coefficient (Wildman–Crippen LogP) is 4.12. The van der Waals surface area contributed by atoms with E-state index >= 15 is 0 Å². The van der Waals surface area contributed by atoms with Crippen LogP contribution in [0.15, 0.2) is 41.1 Å². The van der Waals surface area contributed by atoms with E-state index in [0.29, 0.717) is 23.1 Å². The molecule has 0 atom stereocenters. The first-order valence-electron chi connectivity index (χ1n) is 8.97. The molecule has 0 unspecified atom stereocenters. The van der Waals surface area contributed by atoms with Crippen molar-refractivity contribution in [1.82, 2.24) is 14.5 Å². The van der Waals surface area contributed by atoms with Gasteiger partial charge in [0.2, 0.25) is 0 Å². The topological polar surface area (TPSA) is 86.1 Å². The second-order valence-electron chi connectivity index (χ2n) is 6.27. The van der Waals surface area contributed by atoms with Crippen molar-refractivity contribution in [2.45, 2.75) is 13.3 Å². The van der Waals surface area contributed by atoms with Crippen molar-refractivity contribution in [3.63, 3.8) is 0 Å². The summed E-state index contributed by atoms with van der Waals surface area (Å²) < 4.78 is 6.98. The van der Waals surface area contributed by atoms with E-state index in [9.17, 15) is 9.59 Å². The first-order valence-corrected chi connectivity index (χ1v) is 10.7. The van der Waals surface area contributed by atoms with E-state index in [1.165, 1.54) is 22.7 Å². The molecule has 4 aromatic rings. The molecule has 3 heterocycles. The molecule has 0 saturated carbocycles. The third-order valence-corrected chi connectivity index (χ3v) is 5.98. The van der Waals surface area contributed by atoms with E-state index in [-0.39, 0.29) is 18.3 Å². The lowest BCUT2D eigenvalue weighted by Crippen LogP contribution is -2.12. The Labute approximate surface area is 175 Å². The number of esters is 1. The zero-order chi connectivity index (χ0) is 20.4. The maximum Gasteiger partial charge on any atom is 0.311 e. The van der Waals surface area contributed by atoms with Crippen LogP contribution in [0.1, 0.15) is 23.1 Å². The Balaban J connectivity index is 1.48. The normalized spacial score (nSPS) is 11.0. The average molecular weight is 427 g/mol. The maximum atomic E-state index is 12.6. The summed E-state index contributed by atoms with van der Waals surface area (Å²) >= 11 is 2.68. The number of ether oxygens (including phenoxy) is 1. The molecule has 0 aliphatic heterocycles. The van der Waals surface area contributed by atoms with Crippen LogP contribution in [-0.4, -0.2) is 33.0 Å². The van der Waals surface area contributed by atoms with Crippen molar-refractivity contribution in [2.75, 3.05) is 11.9 Å².